The number of amides is 1. The molecular weight excluding hydrogens is 340 g/mol. The number of ether oxygens (including phenoxy) is 1. The maximum absolute atomic E-state index is 12.3. The number of benzene rings is 2. The molecule has 140 valence electrons. The third-order valence-electron chi connectivity index (χ3n) is 5.04. The van der Waals surface area contributed by atoms with Crippen LogP contribution in [0.1, 0.15) is 17.8 Å². The first kappa shape index (κ1) is 17.5. The van der Waals surface area contributed by atoms with Crippen LogP contribution in [-0.4, -0.2) is 47.0 Å². The highest BCUT2D eigenvalue weighted by Crippen LogP contribution is 2.16. The monoisotopic (exact) mass is 364 g/mol. The van der Waals surface area contributed by atoms with Crippen molar-refractivity contribution in [1.82, 2.24) is 20.2 Å². The summed E-state index contributed by atoms with van der Waals surface area (Å²) in [5.41, 5.74) is 3.22. The summed E-state index contributed by atoms with van der Waals surface area (Å²) in [6, 6.07) is 16.2. The first-order valence-electron chi connectivity index (χ1n) is 9.29. The number of imidazole rings is 1. The second-order valence-electron chi connectivity index (χ2n) is 6.92. The molecule has 0 saturated carbocycles. The summed E-state index contributed by atoms with van der Waals surface area (Å²) in [6.07, 6.45) is 1.40. The van der Waals surface area contributed by atoms with E-state index >= 15 is 0 Å². The number of rotatable bonds is 7. The molecule has 2 aromatic carbocycles. The lowest BCUT2D eigenvalue weighted by atomic mass is 10.1. The minimum absolute atomic E-state index is 0.168. The van der Waals surface area contributed by atoms with E-state index in [1.807, 2.05) is 41.3 Å². The van der Waals surface area contributed by atoms with E-state index in [-0.39, 0.29) is 11.9 Å². The van der Waals surface area contributed by atoms with E-state index in [2.05, 4.69) is 27.4 Å². The summed E-state index contributed by atoms with van der Waals surface area (Å²) in [7, 11) is 1.66. The zero-order chi connectivity index (χ0) is 18.6. The summed E-state index contributed by atoms with van der Waals surface area (Å²) in [6.45, 7) is 2.13. The molecule has 0 spiro atoms. The van der Waals surface area contributed by atoms with E-state index in [0.717, 1.165) is 42.1 Å². The van der Waals surface area contributed by atoms with Gasteiger partial charge in [-0.1, -0.05) is 24.3 Å². The van der Waals surface area contributed by atoms with Crippen molar-refractivity contribution in [2.24, 2.45) is 0 Å². The smallest absolute Gasteiger partial charge is 0.224 e. The van der Waals surface area contributed by atoms with Crippen molar-refractivity contribution in [3.8, 4) is 5.75 Å². The fraction of sp³-hybridized carbons (Fsp3) is 0.333. The quantitative estimate of drug-likeness (QED) is 0.676. The van der Waals surface area contributed by atoms with E-state index < -0.39 is 0 Å². The maximum atomic E-state index is 12.3. The molecule has 1 fully saturated rings. The molecule has 1 unspecified atom stereocenters. The molecule has 4 rings (SSSR count). The Kier molecular flexibility index (Phi) is 5.07. The van der Waals surface area contributed by atoms with Crippen molar-refractivity contribution in [2.75, 3.05) is 20.2 Å². The summed E-state index contributed by atoms with van der Waals surface area (Å²) >= 11 is 0. The number of hydrogen-bond donors (Lipinski definition) is 2. The summed E-state index contributed by atoms with van der Waals surface area (Å²) in [5, 5.41) is 3.46. The number of carbonyl (C=O) groups is 1. The number of methoxy groups -OCH3 is 1. The van der Waals surface area contributed by atoms with Gasteiger partial charge >= 0.3 is 0 Å². The molecule has 1 aliphatic rings. The van der Waals surface area contributed by atoms with Gasteiger partial charge in [0.05, 0.1) is 24.7 Å². The Balaban J connectivity index is 1.28. The van der Waals surface area contributed by atoms with Crippen molar-refractivity contribution in [3.05, 3.63) is 59.9 Å². The average Bonchev–Trinajstić information content (AvgIpc) is 3.27. The molecule has 3 aromatic rings. The Morgan fingerprint density at radius 3 is 2.81 bits per heavy atom. The lowest BCUT2D eigenvalue weighted by Gasteiger charge is -2.17. The van der Waals surface area contributed by atoms with Crippen LogP contribution in [0.4, 0.5) is 0 Å². The zero-order valence-corrected chi connectivity index (χ0v) is 15.4. The van der Waals surface area contributed by atoms with Gasteiger partial charge in [-0.2, -0.15) is 0 Å². The summed E-state index contributed by atoms with van der Waals surface area (Å²) in [5.74, 6) is 1.97. The van der Waals surface area contributed by atoms with Crippen LogP contribution < -0.4 is 10.1 Å². The minimum atomic E-state index is 0.168. The Hall–Kier alpha value is -2.86. The molecule has 1 aliphatic heterocycles. The number of nitrogens with zero attached hydrogens (tertiary/aromatic N) is 2. The van der Waals surface area contributed by atoms with Crippen molar-refractivity contribution < 1.29 is 9.53 Å². The number of fused-ring (bicyclic) bond motifs is 1. The largest absolute Gasteiger partial charge is 0.497 e. The first-order chi connectivity index (χ1) is 13.2. The van der Waals surface area contributed by atoms with Gasteiger partial charge in [0, 0.05) is 25.6 Å². The minimum Gasteiger partial charge on any atom is -0.497 e. The zero-order valence-electron chi connectivity index (χ0n) is 15.4. The van der Waals surface area contributed by atoms with Crippen molar-refractivity contribution in [3.63, 3.8) is 0 Å². The van der Waals surface area contributed by atoms with Crippen LogP contribution in [0, 0.1) is 0 Å². The summed E-state index contributed by atoms with van der Waals surface area (Å²) < 4.78 is 5.18. The van der Waals surface area contributed by atoms with Crippen LogP contribution in [0.2, 0.25) is 0 Å². The van der Waals surface area contributed by atoms with Gasteiger partial charge in [-0.05, 0) is 36.2 Å². The van der Waals surface area contributed by atoms with Crippen LogP contribution in [0.25, 0.3) is 11.0 Å². The Morgan fingerprint density at radius 1 is 1.22 bits per heavy atom. The molecule has 0 bridgehead atoms. The van der Waals surface area contributed by atoms with Crippen molar-refractivity contribution in [2.45, 2.75) is 25.4 Å². The van der Waals surface area contributed by atoms with Crippen LogP contribution in [0.5, 0.6) is 5.75 Å². The molecule has 0 aliphatic carbocycles. The van der Waals surface area contributed by atoms with Crippen LogP contribution in [0.3, 0.4) is 0 Å². The topological polar surface area (TPSA) is 70.2 Å². The molecule has 1 aromatic heterocycles. The maximum Gasteiger partial charge on any atom is 0.224 e. The lowest BCUT2D eigenvalue weighted by molar-refractivity contribution is -0.127. The Labute approximate surface area is 158 Å². The standard InChI is InChI=1S/C21H24N4O2/c1-27-17-8-6-15(7-9-17)10-11-25-14-16(12-21(25)26)22-13-20-23-18-4-2-3-5-19(18)24-20/h2-9,16,22H,10-14H2,1H3,(H,23,24). The summed E-state index contributed by atoms with van der Waals surface area (Å²) in [4.78, 5) is 22.1. The van der Waals surface area contributed by atoms with Gasteiger partial charge in [0.2, 0.25) is 5.91 Å². The van der Waals surface area contributed by atoms with E-state index in [0.29, 0.717) is 13.0 Å². The predicted molar refractivity (Wildman–Crippen MR) is 105 cm³/mol. The molecule has 1 saturated heterocycles. The average molecular weight is 364 g/mol. The number of H-pyrrole nitrogens is 1. The van der Waals surface area contributed by atoms with Gasteiger partial charge in [0.25, 0.3) is 0 Å². The first-order valence-corrected chi connectivity index (χ1v) is 9.29. The number of para-hydroxylation sites is 2. The van der Waals surface area contributed by atoms with Gasteiger partial charge in [0.15, 0.2) is 0 Å². The second kappa shape index (κ2) is 7.80. The highest BCUT2D eigenvalue weighted by Gasteiger charge is 2.28. The second-order valence-corrected chi connectivity index (χ2v) is 6.92. The van der Waals surface area contributed by atoms with Gasteiger partial charge in [-0.25, -0.2) is 4.98 Å². The number of aromatic amines is 1. The van der Waals surface area contributed by atoms with E-state index in [9.17, 15) is 4.79 Å². The van der Waals surface area contributed by atoms with Gasteiger partial charge in [-0.15, -0.1) is 0 Å². The Morgan fingerprint density at radius 2 is 2.04 bits per heavy atom. The van der Waals surface area contributed by atoms with E-state index in [4.69, 9.17) is 4.74 Å². The number of aromatic nitrogens is 2. The molecule has 1 atom stereocenters. The number of nitrogens with one attached hydrogen (secondary N) is 2. The lowest BCUT2D eigenvalue weighted by Crippen LogP contribution is -2.33. The van der Waals surface area contributed by atoms with Crippen LogP contribution in [0.15, 0.2) is 48.5 Å². The SMILES string of the molecule is COc1ccc(CCN2CC(NCc3nc4ccccc4[nH]3)CC2=O)cc1. The number of carbonyl (C=O) groups excluding carboxylic acids is 1. The molecule has 0 radical (unpaired) electrons. The van der Waals surface area contributed by atoms with E-state index in [1.165, 1.54) is 5.56 Å². The molecule has 27 heavy (non-hydrogen) atoms. The van der Waals surface area contributed by atoms with Gasteiger partial charge in [0.1, 0.15) is 11.6 Å². The molecule has 2 heterocycles. The molecule has 1 amide bonds. The molecule has 6 heteroatoms. The normalized spacial score (nSPS) is 17.0. The van der Waals surface area contributed by atoms with Crippen molar-refractivity contribution >= 4 is 16.9 Å². The Bertz CT molecular complexity index is 886. The van der Waals surface area contributed by atoms with Crippen molar-refractivity contribution in [1.29, 1.82) is 0 Å². The van der Waals surface area contributed by atoms with Gasteiger partial charge < -0.3 is 19.9 Å². The number of likely N-dealkylation sites (tertiary alicyclic amines) is 1. The predicted octanol–water partition coefficient (Wildman–Crippen LogP) is 2.50. The fourth-order valence-corrected chi connectivity index (χ4v) is 3.51. The molecule has 2 N–H and O–H groups in total. The fourth-order valence-electron chi connectivity index (χ4n) is 3.51. The third kappa shape index (κ3) is 4.11. The molecule has 6 nitrogen and oxygen atoms in total. The number of hydrogen-bond acceptors (Lipinski definition) is 4. The third-order valence-corrected chi connectivity index (χ3v) is 5.04. The van der Waals surface area contributed by atoms with Crippen LogP contribution in [-0.2, 0) is 17.8 Å². The van der Waals surface area contributed by atoms with Gasteiger partial charge in [-0.3, -0.25) is 4.79 Å². The van der Waals surface area contributed by atoms with E-state index in [1.54, 1.807) is 7.11 Å². The van der Waals surface area contributed by atoms with Crippen LogP contribution >= 0.6 is 0 Å². The highest BCUT2D eigenvalue weighted by molar-refractivity contribution is 5.79. The highest BCUT2D eigenvalue weighted by atomic mass is 16.5. The molecular formula is C21H24N4O2.